The highest BCUT2D eigenvalue weighted by atomic mass is 79.9. The first kappa shape index (κ1) is 17.5. The van der Waals surface area contributed by atoms with E-state index < -0.39 is 0 Å². The molecule has 1 aromatic rings. The number of amidine groups is 1. The van der Waals surface area contributed by atoms with Crippen molar-refractivity contribution in [2.24, 2.45) is 10.9 Å². The Morgan fingerprint density at radius 3 is 2.86 bits per heavy atom. The molecule has 116 valence electrons. The van der Waals surface area contributed by atoms with E-state index in [-0.39, 0.29) is 11.7 Å². The normalized spacial score (nSPS) is 11.4. The minimum absolute atomic E-state index is 0.0177. The molecule has 0 spiro atoms. The molecular weight excluding hydrogens is 338 g/mol. The van der Waals surface area contributed by atoms with Crippen molar-refractivity contribution in [3.05, 3.63) is 34.3 Å². The molecule has 7 heteroatoms. The van der Waals surface area contributed by atoms with E-state index in [0.717, 1.165) is 10.0 Å². The number of nitrogens with zero attached hydrogens (tertiary/aromatic N) is 2. The van der Waals surface area contributed by atoms with Gasteiger partial charge < -0.3 is 20.6 Å². The third-order valence-corrected chi connectivity index (χ3v) is 3.42. The fourth-order valence-corrected chi connectivity index (χ4v) is 2.24. The third kappa shape index (κ3) is 6.59. The van der Waals surface area contributed by atoms with Crippen LogP contribution in [0.5, 0.6) is 0 Å². The van der Waals surface area contributed by atoms with Gasteiger partial charge in [-0.05, 0) is 17.7 Å². The van der Waals surface area contributed by atoms with Crippen LogP contribution >= 0.6 is 15.9 Å². The number of hydrogen-bond acceptors (Lipinski definition) is 4. The molecule has 21 heavy (non-hydrogen) atoms. The lowest BCUT2D eigenvalue weighted by Gasteiger charge is -2.22. The Labute approximate surface area is 132 Å². The molecule has 0 bridgehead atoms. The second-order valence-electron chi connectivity index (χ2n) is 4.52. The Morgan fingerprint density at radius 2 is 2.24 bits per heavy atom. The van der Waals surface area contributed by atoms with Crippen LogP contribution in [0.3, 0.4) is 0 Å². The van der Waals surface area contributed by atoms with Gasteiger partial charge in [0.2, 0.25) is 5.91 Å². The Hall–Kier alpha value is -1.60. The van der Waals surface area contributed by atoms with E-state index in [1.54, 1.807) is 12.0 Å². The van der Waals surface area contributed by atoms with Crippen LogP contribution in [0.25, 0.3) is 0 Å². The summed E-state index contributed by atoms with van der Waals surface area (Å²) < 4.78 is 5.95. The van der Waals surface area contributed by atoms with Crippen LogP contribution in [0.4, 0.5) is 0 Å². The molecule has 0 aromatic heterocycles. The van der Waals surface area contributed by atoms with Crippen LogP contribution in [0.2, 0.25) is 0 Å². The summed E-state index contributed by atoms with van der Waals surface area (Å²) >= 11 is 3.39. The van der Waals surface area contributed by atoms with Gasteiger partial charge in [0.15, 0.2) is 0 Å². The van der Waals surface area contributed by atoms with E-state index in [4.69, 9.17) is 15.7 Å². The minimum Gasteiger partial charge on any atom is -0.409 e. The predicted octanol–water partition coefficient (Wildman–Crippen LogP) is 1.60. The van der Waals surface area contributed by atoms with Crippen LogP contribution < -0.4 is 5.73 Å². The summed E-state index contributed by atoms with van der Waals surface area (Å²) in [4.78, 5) is 14.0. The van der Waals surface area contributed by atoms with Gasteiger partial charge in [0.05, 0.1) is 13.0 Å². The Bertz CT molecular complexity index is 494. The van der Waals surface area contributed by atoms with Gasteiger partial charge >= 0.3 is 0 Å². The predicted molar refractivity (Wildman–Crippen MR) is 84.3 cm³/mol. The number of benzene rings is 1. The molecule has 0 aliphatic heterocycles. The lowest BCUT2D eigenvalue weighted by molar-refractivity contribution is -0.131. The molecule has 1 rings (SSSR count). The maximum atomic E-state index is 12.3. The van der Waals surface area contributed by atoms with Crippen molar-refractivity contribution < 1.29 is 14.7 Å². The first-order valence-electron chi connectivity index (χ1n) is 6.54. The zero-order chi connectivity index (χ0) is 15.7. The molecule has 3 N–H and O–H groups in total. The molecular formula is C14H20BrN3O3. The van der Waals surface area contributed by atoms with Crippen molar-refractivity contribution in [2.45, 2.75) is 12.8 Å². The lowest BCUT2D eigenvalue weighted by atomic mass is 10.1. The molecule has 0 fully saturated rings. The van der Waals surface area contributed by atoms with Gasteiger partial charge in [-0.3, -0.25) is 4.79 Å². The van der Waals surface area contributed by atoms with E-state index in [1.807, 2.05) is 24.3 Å². The zero-order valence-electron chi connectivity index (χ0n) is 12.0. The van der Waals surface area contributed by atoms with Crippen molar-refractivity contribution in [1.29, 1.82) is 0 Å². The highest BCUT2D eigenvalue weighted by Crippen LogP contribution is 2.13. The number of oxime groups is 1. The van der Waals surface area contributed by atoms with Gasteiger partial charge in [0.1, 0.15) is 5.84 Å². The molecule has 0 saturated carbocycles. The number of hydrogen-bond donors (Lipinski definition) is 2. The Kier molecular flexibility index (Phi) is 7.78. The van der Waals surface area contributed by atoms with E-state index >= 15 is 0 Å². The zero-order valence-corrected chi connectivity index (χ0v) is 13.5. The highest BCUT2D eigenvalue weighted by molar-refractivity contribution is 9.10. The fourth-order valence-electron chi connectivity index (χ4n) is 1.80. The van der Waals surface area contributed by atoms with Gasteiger partial charge in [-0.15, -0.1) is 0 Å². The summed E-state index contributed by atoms with van der Waals surface area (Å²) in [6.07, 6.45) is 0.629. The van der Waals surface area contributed by atoms with Crippen LogP contribution in [0.1, 0.15) is 12.0 Å². The number of ether oxygens (including phenoxy) is 1. The van der Waals surface area contributed by atoms with Crippen LogP contribution in [-0.4, -0.2) is 48.7 Å². The summed E-state index contributed by atoms with van der Waals surface area (Å²) in [6.45, 7) is 1.31. The number of methoxy groups -OCH3 is 1. The largest absolute Gasteiger partial charge is 0.409 e. The Morgan fingerprint density at radius 1 is 1.48 bits per heavy atom. The van der Waals surface area contributed by atoms with E-state index in [1.165, 1.54) is 0 Å². The smallest absolute Gasteiger partial charge is 0.227 e. The van der Waals surface area contributed by atoms with Gasteiger partial charge in [0.25, 0.3) is 0 Å². The van der Waals surface area contributed by atoms with Crippen LogP contribution in [0.15, 0.2) is 33.9 Å². The van der Waals surface area contributed by atoms with Crippen LogP contribution in [0, 0.1) is 0 Å². The molecule has 0 atom stereocenters. The van der Waals surface area contributed by atoms with Crippen LogP contribution in [-0.2, 0) is 16.0 Å². The summed E-state index contributed by atoms with van der Waals surface area (Å²) in [5.41, 5.74) is 6.38. The molecule has 0 heterocycles. The molecule has 0 aliphatic rings. The van der Waals surface area contributed by atoms with Crippen molar-refractivity contribution >= 4 is 27.7 Å². The standard InChI is InChI=1S/C14H20BrN3O3/c1-21-8-7-18(6-5-13(16)17-20)14(19)10-11-3-2-4-12(15)9-11/h2-4,9,20H,5-8,10H2,1H3,(H2,16,17). The summed E-state index contributed by atoms with van der Waals surface area (Å²) in [5, 5.41) is 11.5. The Balaban J connectivity index is 2.65. The molecule has 0 radical (unpaired) electrons. The van der Waals surface area contributed by atoms with Crippen molar-refractivity contribution in [2.75, 3.05) is 26.8 Å². The molecule has 6 nitrogen and oxygen atoms in total. The van der Waals surface area contributed by atoms with E-state index in [0.29, 0.717) is 32.5 Å². The van der Waals surface area contributed by atoms with Gasteiger partial charge in [-0.25, -0.2) is 0 Å². The maximum Gasteiger partial charge on any atom is 0.227 e. The molecule has 0 saturated heterocycles. The van der Waals surface area contributed by atoms with Gasteiger partial charge in [0, 0.05) is 31.1 Å². The lowest BCUT2D eigenvalue weighted by Crippen LogP contribution is -2.37. The second-order valence-corrected chi connectivity index (χ2v) is 5.44. The molecule has 0 aliphatic carbocycles. The molecule has 1 amide bonds. The van der Waals surface area contributed by atoms with Gasteiger partial charge in [-0.1, -0.05) is 33.2 Å². The number of amides is 1. The monoisotopic (exact) mass is 357 g/mol. The van der Waals surface area contributed by atoms with Crippen molar-refractivity contribution in [1.82, 2.24) is 4.90 Å². The number of carbonyl (C=O) groups is 1. The van der Waals surface area contributed by atoms with E-state index in [9.17, 15) is 4.79 Å². The van der Waals surface area contributed by atoms with E-state index in [2.05, 4.69) is 21.1 Å². The summed E-state index contributed by atoms with van der Waals surface area (Å²) in [7, 11) is 1.58. The highest BCUT2D eigenvalue weighted by Gasteiger charge is 2.14. The number of halogens is 1. The quantitative estimate of drug-likeness (QED) is 0.320. The summed E-state index contributed by atoms with van der Waals surface area (Å²) in [6, 6.07) is 7.62. The third-order valence-electron chi connectivity index (χ3n) is 2.93. The maximum absolute atomic E-state index is 12.3. The van der Waals surface area contributed by atoms with Crippen molar-refractivity contribution in [3.63, 3.8) is 0 Å². The first-order valence-corrected chi connectivity index (χ1v) is 7.33. The number of nitrogens with two attached hydrogens (primary N) is 1. The van der Waals surface area contributed by atoms with Crippen molar-refractivity contribution in [3.8, 4) is 0 Å². The SMILES string of the molecule is COCCN(CCC(N)=NO)C(=O)Cc1cccc(Br)c1. The topological polar surface area (TPSA) is 88.2 Å². The number of rotatable bonds is 8. The second kappa shape index (κ2) is 9.36. The fraction of sp³-hybridized carbons (Fsp3) is 0.429. The van der Waals surface area contributed by atoms with Gasteiger partial charge in [-0.2, -0.15) is 0 Å². The number of carbonyl (C=O) groups excluding carboxylic acids is 1. The average molecular weight is 358 g/mol. The minimum atomic E-state index is -0.0177. The average Bonchev–Trinajstić information content (AvgIpc) is 2.46. The first-order chi connectivity index (χ1) is 10.1. The molecule has 1 aromatic carbocycles. The summed E-state index contributed by atoms with van der Waals surface area (Å²) in [5.74, 6) is 0.0866. The molecule has 0 unspecified atom stereocenters.